The average Bonchev–Trinajstić information content (AvgIpc) is 2.53. The minimum absolute atomic E-state index is 0.00270. The highest BCUT2D eigenvalue weighted by molar-refractivity contribution is 7.89. The predicted octanol–water partition coefficient (Wildman–Crippen LogP) is 2.01. The van der Waals surface area contributed by atoms with Crippen molar-refractivity contribution in [3.8, 4) is 0 Å². The fourth-order valence-electron chi connectivity index (χ4n) is 2.72. The molecule has 0 saturated carbocycles. The highest BCUT2D eigenvalue weighted by Gasteiger charge is 2.27. The van der Waals surface area contributed by atoms with Crippen LogP contribution in [0.15, 0.2) is 29.2 Å². The highest BCUT2D eigenvalue weighted by atomic mass is 32.2. The van der Waals surface area contributed by atoms with Crippen molar-refractivity contribution in [2.75, 3.05) is 13.1 Å². The molecule has 0 radical (unpaired) electrons. The lowest BCUT2D eigenvalue weighted by Gasteiger charge is -2.35. The summed E-state index contributed by atoms with van der Waals surface area (Å²) in [5.74, 6) is -0.101. The number of benzene rings is 1. The zero-order chi connectivity index (χ0) is 17.9. The zero-order valence-corrected chi connectivity index (χ0v) is 15.5. The Kier molecular flexibility index (Phi) is 6.01. The van der Waals surface area contributed by atoms with Crippen molar-refractivity contribution in [1.29, 1.82) is 0 Å². The van der Waals surface area contributed by atoms with Gasteiger partial charge in [0.15, 0.2) is 0 Å². The Hall–Kier alpha value is -1.44. The number of amides is 1. The smallest absolute Gasteiger partial charge is 0.254 e. The molecule has 1 N–H and O–H groups in total. The molecule has 0 aliphatic carbocycles. The van der Waals surface area contributed by atoms with Gasteiger partial charge in [-0.05, 0) is 51.5 Å². The van der Waals surface area contributed by atoms with E-state index in [9.17, 15) is 13.2 Å². The SMILES string of the molecule is CCC(C)NS(=O)(=O)c1ccc(C(=O)N2CC(C)OC(C)C2)cc1. The van der Waals surface area contributed by atoms with E-state index in [1.807, 2.05) is 27.7 Å². The molecule has 1 aliphatic heterocycles. The number of carbonyl (C=O) groups excluding carboxylic acids is 1. The molecule has 7 heteroatoms. The first kappa shape index (κ1) is 18.9. The number of hydrogen-bond donors (Lipinski definition) is 1. The van der Waals surface area contributed by atoms with Crippen LogP contribution in [-0.2, 0) is 14.8 Å². The largest absolute Gasteiger partial charge is 0.372 e. The van der Waals surface area contributed by atoms with Gasteiger partial charge in [-0.25, -0.2) is 13.1 Å². The van der Waals surface area contributed by atoms with Gasteiger partial charge in [-0.1, -0.05) is 6.92 Å². The van der Waals surface area contributed by atoms with Gasteiger partial charge in [0, 0.05) is 24.7 Å². The van der Waals surface area contributed by atoms with Gasteiger partial charge in [-0.3, -0.25) is 4.79 Å². The Morgan fingerprint density at radius 3 is 2.29 bits per heavy atom. The summed E-state index contributed by atoms with van der Waals surface area (Å²) in [7, 11) is -3.55. The van der Waals surface area contributed by atoms with Gasteiger partial charge in [0.1, 0.15) is 0 Å². The van der Waals surface area contributed by atoms with Crippen LogP contribution in [0.1, 0.15) is 44.5 Å². The Morgan fingerprint density at radius 1 is 1.25 bits per heavy atom. The number of nitrogens with one attached hydrogen (secondary N) is 1. The maximum atomic E-state index is 12.6. The van der Waals surface area contributed by atoms with Crippen LogP contribution in [0.5, 0.6) is 0 Å². The van der Waals surface area contributed by atoms with E-state index in [0.717, 1.165) is 0 Å². The van der Waals surface area contributed by atoms with Gasteiger partial charge in [0.2, 0.25) is 10.0 Å². The maximum absolute atomic E-state index is 12.6. The quantitative estimate of drug-likeness (QED) is 0.878. The molecule has 134 valence electrons. The molecular weight excluding hydrogens is 328 g/mol. The third-order valence-corrected chi connectivity index (χ3v) is 5.69. The molecule has 3 unspecified atom stereocenters. The summed E-state index contributed by atoms with van der Waals surface area (Å²) in [6.45, 7) is 8.69. The van der Waals surface area contributed by atoms with Crippen LogP contribution in [0.4, 0.5) is 0 Å². The van der Waals surface area contributed by atoms with Crippen LogP contribution in [-0.4, -0.2) is 50.6 Å². The molecule has 24 heavy (non-hydrogen) atoms. The minimum Gasteiger partial charge on any atom is -0.372 e. The van der Waals surface area contributed by atoms with Crippen LogP contribution >= 0.6 is 0 Å². The van der Waals surface area contributed by atoms with E-state index in [2.05, 4.69) is 4.72 Å². The van der Waals surface area contributed by atoms with Gasteiger partial charge in [-0.2, -0.15) is 0 Å². The van der Waals surface area contributed by atoms with Crippen molar-refractivity contribution in [1.82, 2.24) is 9.62 Å². The molecule has 1 fully saturated rings. The molecule has 1 aromatic carbocycles. The molecule has 1 aromatic rings. The molecule has 0 bridgehead atoms. The van der Waals surface area contributed by atoms with Gasteiger partial charge < -0.3 is 9.64 Å². The number of sulfonamides is 1. The average molecular weight is 354 g/mol. The third kappa shape index (κ3) is 4.55. The van der Waals surface area contributed by atoms with E-state index in [-0.39, 0.29) is 29.1 Å². The topological polar surface area (TPSA) is 75.7 Å². The molecule has 2 rings (SSSR count). The number of hydrogen-bond acceptors (Lipinski definition) is 4. The first-order valence-corrected chi connectivity index (χ1v) is 9.78. The van der Waals surface area contributed by atoms with E-state index >= 15 is 0 Å². The van der Waals surface area contributed by atoms with Crippen molar-refractivity contribution >= 4 is 15.9 Å². The lowest BCUT2D eigenvalue weighted by Crippen LogP contribution is -2.48. The maximum Gasteiger partial charge on any atom is 0.254 e. The zero-order valence-electron chi connectivity index (χ0n) is 14.7. The summed E-state index contributed by atoms with van der Waals surface area (Å²) < 4.78 is 32.7. The van der Waals surface area contributed by atoms with Crippen molar-refractivity contribution in [2.24, 2.45) is 0 Å². The second-order valence-electron chi connectivity index (χ2n) is 6.42. The van der Waals surface area contributed by atoms with Crippen molar-refractivity contribution in [3.63, 3.8) is 0 Å². The summed E-state index contributed by atoms with van der Waals surface area (Å²) in [6.07, 6.45) is 0.706. The predicted molar refractivity (Wildman–Crippen MR) is 92.4 cm³/mol. The number of morpholine rings is 1. The van der Waals surface area contributed by atoms with Gasteiger partial charge >= 0.3 is 0 Å². The number of nitrogens with zero attached hydrogens (tertiary/aromatic N) is 1. The lowest BCUT2D eigenvalue weighted by atomic mass is 10.1. The molecule has 3 atom stereocenters. The van der Waals surface area contributed by atoms with E-state index in [0.29, 0.717) is 25.1 Å². The summed E-state index contributed by atoms with van der Waals surface area (Å²) in [6, 6.07) is 5.96. The Morgan fingerprint density at radius 2 is 1.79 bits per heavy atom. The van der Waals surface area contributed by atoms with E-state index in [1.54, 1.807) is 17.0 Å². The Labute approximate surface area is 144 Å². The third-order valence-electron chi connectivity index (χ3n) is 4.09. The normalized spacial score (nSPS) is 23.1. The van der Waals surface area contributed by atoms with E-state index < -0.39 is 10.0 Å². The van der Waals surface area contributed by atoms with E-state index in [1.165, 1.54) is 12.1 Å². The van der Waals surface area contributed by atoms with Crippen LogP contribution in [0.2, 0.25) is 0 Å². The first-order valence-electron chi connectivity index (χ1n) is 8.30. The van der Waals surface area contributed by atoms with Gasteiger partial charge in [0.05, 0.1) is 17.1 Å². The molecule has 0 aromatic heterocycles. The summed E-state index contributed by atoms with van der Waals surface area (Å²) in [4.78, 5) is 14.5. The van der Waals surface area contributed by atoms with Crippen LogP contribution in [0, 0.1) is 0 Å². The minimum atomic E-state index is -3.55. The standard InChI is InChI=1S/C17H26N2O4S/c1-5-12(2)18-24(21,22)16-8-6-15(7-9-16)17(20)19-10-13(3)23-14(4)11-19/h6-9,12-14,18H,5,10-11H2,1-4H3. The van der Waals surface area contributed by atoms with Crippen LogP contribution in [0.3, 0.4) is 0 Å². The Bertz CT molecular complexity index is 662. The molecule has 6 nitrogen and oxygen atoms in total. The monoisotopic (exact) mass is 354 g/mol. The number of ether oxygens (including phenoxy) is 1. The summed E-state index contributed by atoms with van der Waals surface area (Å²) >= 11 is 0. The Balaban J connectivity index is 2.13. The van der Waals surface area contributed by atoms with E-state index in [4.69, 9.17) is 4.74 Å². The summed E-state index contributed by atoms with van der Waals surface area (Å²) in [5, 5.41) is 0. The van der Waals surface area contributed by atoms with Crippen LogP contribution in [0.25, 0.3) is 0 Å². The fraction of sp³-hybridized carbons (Fsp3) is 0.588. The molecule has 1 saturated heterocycles. The second-order valence-corrected chi connectivity index (χ2v) is 8.14. The van der Waals surface area contributed by atoms with Crippen molar-refractivity contribution in [3.05, 3.63) is 29.8 Å². The summed E-state index contributed by atoms with van der Waals surface area (Å²) in [5.41, 5.74) is 0.485. The number of rotatable bonds is 5. The first-order chi connectivity index (χ1) is 11.2. The molecule has 1 heterocycles. The van der Waals surface area contributed by atoms with Gasteiger partial charge in [0.25, 0.3) is 5.91 Å². The molecular formula is C17H26N2O4S. The van der Waals surface area contributed by atoms with Crippen molar-refractivity contribution in [2.45, 2.75) is 57.3 Å². The van der Waals surface area contributed by atoms with Crippen LogP contribution < -0.4 is 4.72 Å². The van der Waals surface area contributed by atoms with Gasteiger partial charge in [-0.15, -0.1) is 0 Å². The molecule has 1 amide bonds. The van der Waals surface area contributed by atoms with Crippen molar-refractivity contribution < 1.29 is 17.9 Å². The second kappa shape index (κ2) is 7.63. The molecule has 0 spiro atoms. The fourth-order valence-corrected chi connectivity index (χ4v) is 4.05. The highest BCUT2D eigenvalue weighted by Crippen LogP contribution is 2.17. The number of carbonyl (C=O) groups is 1. The lowest BCUT2D eigenvalue weighted by molar-refractivity contribution is -0.0586. The molecule has 1 aliphatic rings.